The van der Waals surface area contributed by atoms with Crippen molar-refractivity contribution in [2.45, 2.75) is 18.8 Å². The van der Waals surface area contributed by atoms with Crippen molar-refractivity contribution in [3.8, 4) is 11.3 Å². The molecule has 0 bridgehead atoms. The van der Waals surface area contributed by atoms with E-state index in [0.29, 0.717) is 24.4 Å². The van der Waals surface area contributed by atoms with E-state index in [1.807, 2.05) is 48.5 Å². The SMILES string of the molecule is Nc1nc(-c2ccccc2)c2cc3c(nn12)C[C@@H](c1ccco1)CC3=O. The zero-order valence-electron chi connectivity index (χ0n) is 13.9. The lowest BCUT2D eigenvalue weighted by Crippen LogP contribution is -2.21. The molecule has 26 heavy (non-hydrogen) atoms. The number of hydrogen-bond acceptors (Lipinski definition) is 5. The predicted octanol–water partition coefficient (Wildman–Crippen LogP) is 3.48. The molecule has 1 aliphatic carbocycles. The number of ketones is 1. The molecule has 2 N–H and O–H groups in total. The van der Waals surface area contributed by atoms with Gasteiger partial charge >= 0.3 is 0 Å². The number of nitrogens with two attached hydrogens (primary N) is 1. The molecule has 128 valence electrons. The molecule has 0 aliphatic heterocycles. The number of nitrogen functional groups attached to an aromatic ring is 1. The molecule has 0 fully saturated rings. The van der Waals surface area contributed by atoms with Crippen LogP contribution in [0.25, 0.3) is 16.8 Å². The third-order valence-electron chi connectivity index (χ3n) is 4.89. The first-order valence-corrected chi connectivity index (χ1v) is 8.51. The van der Waals surface area contributed by atoms with Gasteiger partial charge in [-0.15, -0.1) is 0 Å². The minimum atomic E-state index is 0.00768. The molecule has 0 amide bonds. The summed E-state index contributed by atoms with van der Waals surface area (Å²) in [6.45, 7) is 0. The molecular formula is C20H16N4O2. The van der Waals surface area contributed by atoms with E-state index in [9.17, 15) is 4.79 Å². The zero-order chi connectivity index (χ0) is 17.7. The van der Waals surface area contributed by atoms with Crippen molar-refractivity contribution in [3.05, 3.63) is 71.8 Å². The Hall–Kier alpha value is -3.41. The van der Waals surface area contributed by atoms with Crippen molar-refractivity contribution in [1.29, 1.82) is 0 Å². The molecule has 6 heteroatoms. The maximum atomic E-state index is 12.7. The highest BCUT2D eigenvalue weighted by Crippen LogP contribution is 2.34. The predicted molar refractivity (Wildman–Crippen MR) is 96.9 cm³/mol. The molecule has 4 aromatic rings. The van der Waals surface area contributed by atoms with Gasteiger partial charge in [-0.25, -0.2) is 4.98 Å². The minimum absolute atomic E-state index is 0.00768. The molecule has 6 nitrogen and oxygen atoms in total. The highest BCUT2D eigenvalue weighted by atomic mass is 16.3. The lowest BCUT2D eigenvalue weighted by Gasteiger charge is -2.21. The number of hydrogen-bond donors (Lipinski definition) is 1. The van der Waals surface area contributed by atoms with E-state index in [0.717, 1.165) is 28.2 Å². The van der Waals surface area contributed by atoms with E-state index in [1.54, 1.807) is 10.8 Å². The lowest BCUT2D eigenvalue weighted by molar-refractivity contribution is 0.0958. The van der Waals surface area contributed by atoms with Crippen LogP contribution < -0.4 is 5.73 Å². The summed E-state index contributed by atoms with van der Waals surface area (Å²) in [7, 11) is 0. The molecule has 0 saturated heterocycles. The minimum Gasteiger partial charge on any atom is -0.469 e. The Bertz CT molecular complexity index is 1110. The fourth-order valence-corrected chi connectivity index (χ4v) is 3.64. The number of fused-ring (bicyclic) bond motifs is 2. The standard InChI is InChI=1S/C20H16N4O2/c21-20-22-19(12-5-2-1-3-6-12)16-11-14-15(23-24(16)20)9-13(10-17(14)25)18-7-4-8-26-18/h1-8,11,13H,9-10H2,(H2,21,22)/t13-/m1/s1. The quantitative estimate of drug-likeness (QED) is 0.601. The average Bonchev–Trinajstić information content (AvgIpc) is 3.30. The number of aromatic nitrogens is 3. The van der Waals surface area contributed by atoms with Crippen molar-refractivity contribution in [2.75, 3.05) is 5.73 Å². The maximum absolute atomic E-state index is 12.7. The van der Waals surface area contributed by atoms with Gasteiger partial charge in [0.25, 0.3) is 0 Å². The summed E-state index contributed by atoms with van der Waals surface area (Å²) in [5.74, 6) is 1.21. The van der Waals surface area contributed by atoms with Crippen molar-refractivity contribution in [3.63, 3.8) is 0 Å². The van der Waals surface area contributed by atoms with Crippen LogP contribution in [0, 0.1) is 0 Å². The fraction of sp³-hybridized carbons (Fsp3) is 0.150. The molecule has 0 saturated carbocycles. The molecule has 3 aromatic heterocycles. The first kappa shape index (κ1) is 14.9. The summed E-state index contributed by atoms with van der Waals surface area (Å²) in [6.07, 6.45) is 2.69. The number of nitrogens with zero attached hydrogens (tertiary/aromatic N) is 3. The van der Waals surface area contributed by atoms with Gasteiger partial charge in [-0.1, -0.05) is 30.3 Å². The van der Waals surface area contributed by atoms with Crippen molar-refractivity contribution in [2.24, 2.45) is 0 Å². The summed E-state index contributed by atoms with van der Waals surface area (Å²) in [5.41, 5.74) is 9.91. The summed E-state index contributed by atoms with van der Waals surface area (Å²) in [4.78, 5) is 17.2. The average molecular weight is 344 g/mol. The normalized spacial score (nSPS) is 16.8. The number of anilines is 1. The second-order valence-electron chi connectivity index (χ2n) is 6.53. The molecule has 1 aromatic carbocycles. The van der Waals surface area contributed by atoms with Crippen LogP contribution in [0.2, 0.25) is 0 Å². The molecule has 3 heterocycles. The first-order chi connectivity index (χ1) is 12.7. The van der Waals surface area contributed by atoms with Gasteiger partial charge in [0.1, 0.15) is 11.5 Å². The van der Waals surface area contributed by atoms with E-state index >= 15 is 0 Å². The Kier molecular flexibility index (Phi) is 3.18. The number of furan rings is 1. The monoisotopic (exact) mass is 344 g/mol. The van der Waals surface area contributed by atoms with Crippen LogP contribution in [0.3, 0.4) is 0 Å². The molecule has 1 aliphatic rings. The highest BCUT2D eigenvalue weighted by molar-refractivity contribution is 6.00. The second-order valence-corrected chi connectivity index (χ2v) is 6.53. The van der Waals surface area contributed by atoms with Crippen LogP contribution in [0.15, 0.2) is 59.2 Å². The van der Waals surface area contributed by atoms with Crippen LogP contribution in [0.1, 0.15) is 34.2 Å². The Labute approximate surface area is 149 Å². The number of carbonyl (C=O) groups is 1. The number of carbonyl (C=O) groups excluding carboxylic acids is 1. The van der Waals surface area contributed by atoms with E-state index in [2.05, 4.69) is 10.1 Å². The van der Waals surface area contributed by atoms with Crippen LogP contribution in [0.5, 0.6) is 0 Å². The number of rotatable bonds is 2. The van der Waals surface area contributed by atoms with Gasteiger partial charge in [0, 0.05) is 29.9 Å². The van der Waals surface area contributed by atoms with Crippen LogP contribution >= 0.6 is 0 Å². The summed E-state index contributed by atoms with van der Waals surface area (Å²) >= 11 is 0. The summed E-state index contributed by atoms with van der Waals surface area (Å²) < 4.78 is 7.11. The Morgan fingerprint density at radius 1 is 1.12 bits per heavy atom. The van der Waals surface area contributed by atoms with Gasteiger partial charge in [0.15, 0.2) is 5.78 Å². The molecule has 0 spiro atoms. The van der Waals surface area contributed by atoms with Gasteiger partial charge in [0.05, 0.1) is 17.5 Å². The lowest BCUT2D eigenvalue weighted by atomic mass is 9.84. The van der Waals surface area contributed by atoms with Crippen molar-refractivity contribution >= 4 is 17.2 Å². The third-order valence-corrected chi connectivity index (χ3v) is 4.89. The van der Waals surface area contributed by atoms with Gasteiger partial charge in [-0.2, -0.15) is 9.61 Å². The van der Waals surface area contributed by atoms with E-state index in [4.69, 9.17) is 10.2 Å². The Balaban J connectivity index is 1.66. The smallest absolute Gasteiger partial charge is 0.222 e. The number of Topliss-reactive ketones (excluding diaryl/α,β-unsaturated/α-hetero) is 1. The third kappa shape index (κ3) is 2.23. The second kappa shape index (κ2) is 5.56. The molecule has 5 rings (SSSR count). The van der Waals surface area contributed by atoms with Crippen LogP contribution in [-0.2, 0) is 6.42 Å². The van der Waals surface area contributed by atoms with Gasteiger partial charge in [0.2, 0.25) is 5.95 Å². The topological polar surface area (TPSA) is 86.4 Å². The molecule has 1 atom stereocenters. The Morgan fingerprint density at radius 2 is 1.96 bits per heavy atom. The van der Waals surface area contributed by atoms with E-state index in [1.165, 1.54) is 0 Å². The number of imidazole rings is 1. The maximum Gasteiger partial charge on any atom is 0.222 e. The number of benzene rings is 1. The Morgan fingerprint density at radius 3 is 2.73 bits per heavy atom. The molecule has 0 radical (unpaired) electrons. The van der Waals surface area contributed by atoms with Gasteiger partial charge in [-0.05, 0) is 18.2 Å². The van der Waals surface area contributed by atoms with Crippen molar-refractivity contribution < 1.29 is 9.21 Å². The summed E-state index contributed by atoms with van der Waals surface area (Å²) in [6, 6.07) is 15.4. The fourth-order valence-electron chi connectivity index (χ4n) is 3.64. The van der Waals surface area contributed by atoms with Gasteiger partial charge < -0.3 is 10.2 Å². The van der Waals surface area contributed by atoms with Crippen LogP contribution in [0.4, 0.5) is 5.95 Å². The highest BCUT2D eigenvalue weighted by Gasteiger charge is 2.30. The largest absolute Gasteiger partial charge is 0.469 e. The van der Waals surface area contributed by atoms with Gasteiger partial charge in [-0.3, -0.25) is 4.79 Å². The summed E-state index contributed by atoms with van der Waals surface area (Å²) in [5, 5.41) is 4.64. The van der Waals surface area contributed by atoms with E-state index in [-0.39, 0.29) is 11.7 Å². The first-order valence-electron chi connectivity index (χ1n) is 8.51. The zero-order valence-corrected chi connectivity index (χ0v) is 13.9. The molecule has 0 unspecified atom stereocenters. The molecular weight excluding hydrogens is 328 g/mol. The van der Waals surface area contributed by atoms with E-state index < -0.39 is 0 Å². The van der Waals surface area contributed by atoms with Crippen molar-refractivity contribution in [1.82, 2.24) is 14.6 Å². The van der Waals surface area contributed by atoms with Crippen LogP contribution in [-0.4, -0.2) is 20.4 Å².